The van der Waals surface area contributed by atoms with Crippen LogP contribution in [0.3, 0.4) is 0 Å². The van der Waals surface area contributed by atoms with Crippen LogP contribution >= 0.6 is 15.9 Å². The first-order valence-electron chi connectivity index (χ1n) is 5.33. The lowest BCUT2D eigenvalue weighted by Crippen LogP contribution is -1.88. The van der Waals surface area contributed by atoms with E-state index in [9.17, 15) is 0 Å². The van der Waals surface area contributed by atoms with Gasteiger partial charge < -0.3 is 9.84 Å². The van der Waals surface area contributed by atoms with E-state index in [1.165, 1.54) is 0 Å². The first kappa shape index (κ1) is 12.1. The van der Waals surface area contributed by atoms with Gasteiger partial charge in [-0.15, -0.1) is 0 Å². The standard InChI is InChI=1S/C14H13BrO2/c1-10-2-5-12(15)8-14(10)17-13-6-3-11(9-16)4-7-13/h2-8,16H,9H2,1H3. The summed E-state index contributed by atoms with van der Waals surface area (Å²) >= 11 is 3.42. The molecule has 0 aliphatic heterocycles. The molecule has 0 atom stereocenters. The van der Waals surface area contributed by atoms with Crippen LogP contribution < -0.4 is 4.74 Å². The molecule has 0 saturated heterocycles. The summed E-state index contributed by atoms with van der Waals surface area (Å²) in [6.45, 7) is 2.06. The maximum Gasteiger partial charge on any atom is 0.131 e. The third-order valence-corrected chi connectivity index (χ3v) is 2.98. The molecule has 1 N–H and O–H groups in total. The molecule has 3 heteroatoms. The Bertz CT molecular complexity index is 506. The Morgan fingerprint density at radius 3 is 2.47 bits per heavy atom. The molecular weight excluding hydrogens is 280 g/mol. The molecule has 0 bridgehead atoms. The number of aliphatic hydroxyl groups excluding tert-OH is 1. The number of ether oxygens (including phenoxy) is 1. The molecule has 0 aromatic heterocycles. The monoisotopic (exact) mass is 292 g/mol. The average molecular weight is 293 g/mol. The van der Waals surface area contributed by atoms with Crippen molar-refractivity contribution in [1.29, 1.82) is 0 Å². The molecule has 2 aromatic rings. The van der Waals surface area contributed by atoms with Crippen molar-refractivity contribution in [2.75, 3.05) is 0 Å². The van der Waals surface area contributed by atoms with Crippen molar-refractivity contribution < 1.29 is 9.84 Å². The van der Waals surface area contributed by atoms with E-state index in [4.69, 9.17) is 9.84 Å². The van der Waals surface area contributed by atoms with Crippen molar-refractivity contribution in [3.05, 3.63) is 58.1 Å². The van der Waals surface area contributed by atoms with Gasteiger partial charge >= 0.3 is 0 Å². The molecule has 0 spiro atoms. The SMILES string of the molecule is Cc1ccc(Br)cc1Oc1ccc(CO)cc1. The summed E-state index contributed by atoms with van der Waals surface area (Å²) in [5.41, 5.74) is 1.96. The van der Waals surface area contributed by atoms with E-state index in [-0.39, 0.29) is 6.61 Å². The van der Waals surface area contributed by atoms with Crippen molar-refractivity contribution in [3.63, 3.8) is 0 Å². The molecule has 0 amide bonds. The number of aliphatic hydroxyl groups is 1. The zero-order valence-electron chi connectivity index (χ0n) is 9.48. The molecule has 17 heavy (non-hydrogen) atoms. The van der Waals surface area contributed by atoms with E-state index in [2.05, 4.69) is 15.9 Å². The lowest BCUT2D eigenvalue weighted by Gasteiger charge is -2.09. The number of aryl methyl sites for hydroxylation is 1. The third kappa shape index (κ3) is 3.08. The average Bonchev–Trinajstić information content (AvgIpc) is 2.35. The molecule has 0 radical (unpaired) electrons. The Morgan fingerprint density at radius 1 is 1.12 bits per heavy atom. The van der Waals surface area contributed by atoms with Crippen molar-refractivity contribution in [2.24, 2.45) is 0 Å². The molecule has 2 aromatic carbocycles. The minimum Gasteiger partial charge on any atom is -0.457 e. The summed E-state index contributed by atoms with van der Waals surface area (Å²) in [5.74, 6) is 1.60. The van der Waals surface area contributed by atoms with Crippen LogP contribution in [0.2, 0.25) is 0 Å². The quantitative estimate of drug-likeness (QED) is 0.925. The fourth-order valence-electron chi connectivity index (χ4n) is 1.47. The highest BCUT2D eigenvalue weighted by Gasteiger charge is 2.02. The Morgan fingerprint density at radius 2 is 1.82 bits per heavy atom. The summed E-state index contributed by atoms with van der Waals surface area (Å²) in [7, 11) is 0. The normalized spacial score (nSPS) is 10.3. The molecule has 0 heterocycles. The van der Waals surface area contributed by atoms with Gasteiger partial charge in [0.15, 0.2) is 0 Å². The molecule has 88 valence electrons. The molecule has 0 saturated carbocycles. The van der Waals surface area contributed by atoms with Crippen molar-refractivity contribution in [1.82, 2.24) is 0 Å². The Kier molecular flexibility index (Phi) is 3.82. The van der Waals surface area contributed by atoms with Gasteiger partial charge in [0.1, 0.15) is 11.5 Å². The van der Waals surface area contributed by atoms with Crippen molar-refractivity contribution in [3.8, 4) is 11.5 Å². The van der Waals surface area contributed by atoms with Crippen LogP contribution in [0.5, 0.6) is 11.5 Å². The van der Waals surface area contributed by atoms with Gasteiger partial charge in [0, 0.05) is 4.47 Å². The zero-order chi connectivity index (χ0) is 12.3. The highest BCUT2D eigenvalue weighted by atomic mass is 79.9. The minimum atomic E-state index is 0.0518. The van der Waals surface area contributed by atoms with Gasteiger partial charge in [-0.05, 0) is 42.3 Å². The second-order valence-electron chi connectivity index (χ2n) is 3.81. The summed E-state index contributed by atoms with van der Waals surface area (Å²) in [4.78, 5) is 0. The highest BCUT2D eigenvalue weighted by molar-refractivity contribution is 9.10. The van der Waals surface area contributed by atoms with Crippen molar-refractivity contribution in [2.45, 2.75) is 13.5 Å². The van der Waals surface area contributed by atoms with Crippen LogP contribution in [-0.2, 0) is 6.61 Å². The topological polar surface area (TPSA) is 29.5 Å². The maximum absolute atomic E-state index is 8.95. The fourth-order valence-corrected chi connectivity index (χ4v) is 1.81. The largest absolute Gasteiger partial charge is 0.457 e. The number of rotatable bonds is 3. The Balaban J connectivity index is 2.22. The number of hydrogen-bond donors (Lipinski definition) is 1. The Labute approximate surface area is 109 Å². The second kappa shape index (κ2) is 5.34. The predicted octanol–water partition coefficient (Wildman–Crippen LogP) is 4.04. The minimum absolute atomic E-state index is 0.0518. The highest BCUT2D eigenvalue weighted by Crippen LogP contribution is 2.28. The molecular formula is C14H13BrO2. The van der Waals surface area contributed by atoms with Gasteiger partial charge in [-0.25, -0.2) is 0 Å². The van der Waals surface area contributed by atoms with Gasteiger partial charge in [-0.2, -0.15) is 0 Å². The lowest BCUT2D eigenvalue weighted by atomic mass is 10.2. The number of hydrogen-bond acceptors (Lipinski definition) is 2. The van der Waals surface area contributed by atoms with Gasteiger partial charge in [-0.3, -0.25) is 0 Å². The molecule has 2 nitrogen and oxygen atoms in total. The van der Waals surface area contributed by atoms with E-state index in [0.29, 0.717) is 0 Å². The van der Waals surface area contributed by atoms with Crippen LogP contribution in [0, 0.1) is 6.92 Å². The van der Waals surface area contributed by atoms with Gasteiger partial charge in [-0.1, -0.05) is 34.1 Å². The first-order valence-corrected chi connectivity index (χ1v) is 6.12. The van der Waals surface area contributed by atoms with Crippen LogP contribution in [0.15, 0.2) is 46.9 Å². The fraction of sp³-hybridized carbons (Fsp3) is 0.143. The van der Waals surface area contributed by atoms with Gasteiger partial charge in [0.2, 0.25) is 0 Å². The maximum atomic E-state index is 8.95. The van der Waals surface area contributed by atoms with Gasteiger partial charge in [0.05, 0.1) is 6.61 Å². The van der Waals surface area contributed by atoms with Crippen LogP contribution in [-0.4, -0.2) is 5.11 Å². The summed E-state index contributed by atoms with van der Waals surface area (Å²) < 4.78 is 6.77. The molecule has 0 aliphatic rings. The lowest BCUT2D eigenvalue weighted by molar-refractivity contribution is 0.281. The molecule has 0 fully saturated rings. The van der Waals surface area contributed by atoms with Crippen LogP contribution in [0.25, 0.3) is 0 Å². The molecule has 0 aliphatic carbocycles. The smallest absolute Gasteiger partial charge is 0.131 e. The number of benzene rings is 2. The number of halogens is 1. The summed E-state index contributed by atoms with van der Waals surface area (Å²) in [5, 5.41) is 8.95. The van der Waals surface area contributed by atoms with E-state index in [0.717, 1.165) is 27.1 Å². The second-order valence-corrected chi connectivity index (χ2v) is 4.73. The van der Waals surface area contributed by atoms with E-state index in [1.54, 1.807) is 0 Å². The van der Waals surface area contributed by atoms with E-state index in [1.807, 2.05) is 49.4 Å². The molecule has 0 unspecified atom stereocenters. The van der Waals surface area contributed by atoms with E-state index < -0.39 is 0 Å². The summed E-state index contributed by atoms with van der Waals surface area (Å²) in [6.07, 6.45) is 0. The van der Waals surface area contributed by atoms with Crippen LogP contribution in [0.4, 0.5) is 0 Å². The van der Waals surface area contributed by atoms with E-state index >= 15 is 0 Å². The molecule has 2 rings (SSSR count). The van der Waals surface area contributed by atoms with Gasteiger partial charge in [0.25, 0.3) is 0 Å². The predicted molar refractivity (Wildman–Crippen MR) is 71.3 cm³/mol. The van der Waals surface area contributed by atoms with Crippen LogP contribution in [0.1, 0.15) is 11.1 Å². The third-order valence-electron chi connectivity index (χ3n) is 2.48. The Hall–Kier alpha value is -1.32. The first-order chi connectivity index (χ1) is 8.19. The zero-order valence-corrected chi connectivity index (χ0v) is 11.1. The van der Waals surface area contributed by atoms with Crippen molar-refractivity contribution >= 4 is 15.9 Å². The summed E-state index contributed by atoms with van der Waals surface area (Å²) in [6, 6.07) is 13.3.